The topological polar surface area (TPSA) is 68.0 Å². The largest absolute Gasteiger partial charge is 0.481 e. The van der Waals surface area contributed by atoms with Gasteiger partial charge in [-0.3, -0.25) is 9.36 Å². The molecule has 5 heteroatoms. The Labute approximate surface area is 118 Å². The highest BCUT2D eigenvalue weighted by Crippen LogP contribution is 2.26. The molecule has 2 rings (SSSR count). The van der Waals surface area contributed by atoms with Crippen molar-refractivity contribution in [3.63, 3.8) is 0 Å². The summed E-state index contributed by atoms with van der Waals surface area (Å²) in [4.78, 5) is 10.9. The molecular weight excluding hydrogens is 254 g/mol. The van der Waals surface area contributed by atoms with E-state index in [0.717, 1.165) is 17.3 Å². The highest BCUT2D eigenvalue weighted by molar-refractivity contribution is 5.67. The number of carboxylic acid groups (broad SMARTS) is 1. The van der Waals surface area contributed by atoms with Crippen molar-refractivity contribution < 1.29 is 9.90 Å². The number of nitrogens with zero attached hydrogens (tertiary/aromatic N) is 3. The standard InChI is InChI=1S/C15H19N3O2/c1-11-16-17-13(9-15(2,3)10-14(19)20)18(11)12-7-5-4-6-8-12/h4-8H,9-10H2,1-3H3,(H,19,20). The number of rotatable bonds is 5. The molecule has 5 nitrogen and oxygen atoms in total. The van der Waals surface area contributed by atoms with Gasteiger partial charge in [0.25, 0.3) is 0 Å². The van der Waals surface area contributed by atoms with Gasteiger partial charge in [-0.15, -0.1) is 10.2 Å². The molecule has 1 aromatic heterocycles. The van der Waals surface area contributed by atoms with Gasteiger partial charge >= 0.3 is 5.97 Å². The molecule has 0 saturated heterocycles. The first-order valence-electron chi connectivity index (χ1n) is 6.57. The van der Waals surface area contributed by atoms with E-state index in [4.69, 9.17) is 5.11 Å². The lowest BCUT2D eigenvalue weighted by Gasteiger charge is -2.22. The van der Waals surface area contributed by atoms with Crippen molar-refractivity contribution in [2.24, 2.45) is 5.41 Å². The van der Waals surface area contributed by atoms with E-state index in [0.29, 0.717) is 6.42 Å². The fourth-order valence-corrected chi connectivity index (χ4v) is 2.33. The molecule has 1 aromatic carbocycles. The van der Waals surface area contributed by atoms with Crippen molar-refractivity contribution in [3.05, 3.63) is 42.0 Å². The number of benzene rings is 1. The van der Waals surface area contributed by atoms with Crippen LogP contribution >= 0.6 is 0 Å². The van der Waals surface area contributed by atoms with E-state index < -0.39 is 5.97 Å². The van der Waals surface area contributed by atoms with E-state index in [1.165, 1.54) is 0 Å². The average Bonchev–Trinajstić information content (AvgIpc) is 2.69. The molecular formula is C15H19N3O2. The second-order valence-corrected chi connectivity index (χ2v) is 5.75. The van der Waals surface area contributed by atoms with Crippen LogP contribution in [-0.2, 0) is 11.2 Å². The molecule has 0 unspecified atom stereocenters. The Morgan fingerprint density at radius 1 is 1.25 bits per heavy atom. The lowest BCUT2D eigenvalue weighted by molar-refractivity contribution is -0.139. The van der Waals surface area contributed by atoms with Crippen LogP contribution in [0.5, 0.6) is 0 Å². The number of carboxylic acids is 1. The summed E-state index contributed by atoms with van der Waals surface area (Å²) in [7, 11) is 0. The molecule has 0 fully saturated rings. The molecule has 1 heterocycles. The highest BCUT2D eigenvalue weighted by Gasteiger charge is 2.25. The van der Waals surface area contributed by atoms with Gasteiger partial charge in [-0.2, -0.15) is 0 Å². The second kappa shape index (κ2) is 5.45. The van der Waals surface area contributed by atoms with Crippen LogP contribution in [-0.4, -0.2) is 25.8 Å². The number of carbonyl (C=O) groups is 1. The molecule has 0 aliphatic carbocycles. The Bertz CT molecular complexity index is 603. The first kappa shape index (κ1) is 14.2. The van der Waals surface area contributed by atoms with Crippen molar-refractivity contribution in [1.82, 2.24) is 14.8 Å². The summed E-state index contributed by atoms with van der Waals surface area (Å²) in [5.41, 5.74) is 0.633. The Hall–Kier alpha value is -2.17. The van der Waals surface area contributed by atoms with Crippen molar-refractivity contribution >= 4 is 5.97 Å². The number of aromatic nitrogens is 3. The van der Waals surface area contributed by atoms with Gasteiger partial charge in [-0.25, -0.2) is 0 Å². The van der Waals surface area contributed by atoms with Crippen LogP contribution in [0.15, 0.2) is 30.3 Å². The highest BCUT2D eigenvalue weighted by atomic mass is 16.4. The first-order chi connectivity index (χ1) is 9.39. The summed E-state index contributed by atoms with van der Waals surface area (Å²) in [5.74, 6) is 0.801. The zero-order valence-corrected chi connectivity index (χ0v) is 12.0. The first-order valence-corrected chi connectivity index (χ1v) is 6.57. The van der Waals surface area contributed by atoms with E-state index in [-0.39, 0.29) is 11.8 Å². The van der Waals surface area contributed by atoms with Crippen LogP contribution in [0.2, 0.25) is 0 Å². The lowest BCUT2D eigenvalue weighted by Crippen LogP contribution is -2.22. The van der Waals surface area contributed by atoms with Crippen LogP contribution < -0.4 is 0 Å². The number of hydrogen-bond donors (Lipinski definition) is 1. The minimum atomic E-state index is -0.794. The number of para-hydroxylation sites is 1. The maximum Gasteiger partial charge on any atom is 0.303 e. The molecule has 0 radical (unpaired) electrons. The van der Waals surface area contributed by atoms with Crippen LogP contribution in [0.3, 0.4) is 0 Å². The summed E-state index contributed by atoms with van der Waals surface area (Å²) in [6.45, 7) is 5.76. The number of aryl methyl sites for hydroxylation is 1. The molecule has 0 amide bonds. The predicted octanol–water partition coefficient (Wildman–Crippen LogP) is 2.62. The minimum Gasteiger partial charge on any atom is -0.481 e. The lowest BCUT2D eigenvalue weighted by atomic mass is 9.85. The van der Waals surface area contributed by atoms with Gasteiger partial charge in [0.05, 0.1) is 6.42 Å². The normalized spacial score (nSPS) is 11.6. The summed E-state index contributed by atoms with van der Waals surface area (Å²) in [6, 6.07) is 9.85. The van der Waals surface area contributed by atoms with E-state index in [9.17, 15) is 4.79 Å². The third kappa shape index (κ3) is 3.23. The maximum absolute atomic E-state index is 10.9. The fourth-order valence-electron chi connectivity index (χ4n) is 2.33. The summed E-state index contributed by atoms with van der Waals surface area (Å²) >= 11 is 0. The second-order valence-electron chi connectivity index (χ2n) is 5.75. The smallest absolute Gasteiger partial charge is 0.303 e. The summed E-state index contributed by atoms with van der Waals surface area (Å²) in [6.07, 6.45) is 0.669. The van der Waals surface area contributed by atoms with Gasteiger partial charge in [-0.1, -0.05) is 32.0 Å². The number of aliphatic carboxylic acids is 1. The molecule has 0 bridgehead atoms. The van der Waals surface area contributed by atoms with Crippen molar-refractivity contribution in [1.29, 1.82) is 0 Å². The molecule has 0 aliphatic heterocycles. The van der Waals surface area contributed by atoms with Gasteiger partial charge in [0.2, 0.25) is 0 Å². The molecule has 0 atom stereocenters. The molecule has 0 saturated carbocycles. The zero-order chi connectivity index (χ0) is 14.8. The minimum absolute atomic E-state index is 0.105. The van der Waals surface area contributed by atoms with Gasteiger partial charge in [0.1, 0.15) is 11.6 Å². The predicted molar refractivity (Wildman–Crippen MR) is 75.8 cm³/mol. The van der Waals surface area contributed by atoms with Crippen LogP contribution in [0.1, 0.15) is 31.9 Å². The molecule has 2 aromatic rings. The zero-order valence-electron chi connectivity index (χ0n) is 12.0. The average molecular weight is 273 g/mol. The van der Waals surface area contributed by atoms with E-state index in [1.807, 2.05) is 55.7 Å². The van der Waals surface area contributed by atoms with Gasteiger partial charge < -0.3 is 5.11 Å². The van der Waals surface area contributed by atoms with E-state index in [1.54, 1.807) is 0 Å². The van der Waals surface area contributed by atoms with Gasteiger partial charge in [0, 0.05) is 12.1 Å². The van der Waals surface area contributed by atoms with Crippen molar-refractivity contribution in [2.75, 3.05) is 0 Å². The van der Waals surface area contributed by atoms with Gasteiger partial charge in [0.15, 0.2) is 0 Å². The quantitative estimate of drug-likeness (QED) is 0.909. The van der Waals surface area contributed by atoms with Crippen LogP contribution in [0, 0.1) is 12.3 Å². The van der Waals surface area contributed by atoms with Gasteiger partial charge in [-0.05, 0) is 24.5 Å². The molecule has 106 valence electrons. The monoisotopic (exact) mass is 273 g/mol. The Kier molecular flexibility index (Phi) is 3.88. The summed E-state index contributed by atoms with van der Waals surface area (Å²) in [5, 5.41) is 17.3. The van der Waals surface area contributed by atoms with Crippen molar-refractivity contribution in [3.8, 4) is 5.69 Å². The van der Waals surface area contributed by atoms with E-state index >= 15 is 0 Å². The molecule has 1 N–H and O–H groups in total. The van der Waals surface area contributed by atoms with Crippen LogP contribution in [0.25, 0.3) is 5.69 Å². The molecule has 0 spiro atoms. The third-order valence-electron chi connectivity index (χ3n) is 3.17. The SMILES string of the molecule is Cc1nnc(CC(C)(C)CC(=O)O)n1-c1ccccc1. The Morgan fingerprint density at radius 2 is 1.90 bits per heavy atom. The fraction of sp³-hybridized carbons (Fsp3) is 0.400. The maximum atomic E-state index is 10.9. The van der Waals surface area contributed by atoms with Crippen molar-refractivity contribution in [2.45, 2.75) is 33.6 Å². The van der Waals surface area contributed by atoms with Crippen LogP contribution in [0.4, 0.5) is 0 Å². The summed E-state index contributed by atoms with van der Waals surface area (Å²) < 4.78 is 1.98. The Balaban J connectivity index is 2.33. The molecule has 0 aliphatic rings. The third-order valence-corrected chi connectivity index (χ3v) is 3.17. The van der Waals surface area contributed by atoms with E-state index in [2.05, 4.69) is 10.2 Å². The molecule has 20 heavy (non-hydrogen) atoms. The Morgan fingerprint density at radius 3 is 2.50 bits per heavy atom. The number of hydrogen-bond acceptors (Lipinski definition) is 3.